The van der Waals surface area contributed by atoms with Gasteiger partial charge >= 0.3 is 5.97 Å². The van der Waals surface area contributed by atoms with E-state index in [0.29, 0.717) is 11.6 Å². The molecule has 1 N–H and O–H groups in total. The summed E-state index contributed by atoms with van der Waals surface area (Å²) >= 11 is 5.79. The number of rotatable bonds is 5. The van der Waals surface area contributed by atoms with E-state index in [9.17, 15) is 4.79 Å². The number of hydrogen-bond donors (Lipinski definition) is 1. The zero-order valence-corrected chi connectivity index (χ0v) is 13.4. The zero-order chi connectivity index (χ0) is 16.7. The SMILES string of the molecule is CN(CC#CCOc1ccc(Cl)cc1C(=O)O)c1ccccc1. The van der Waals surface area contributed by atoms with Gasteiger partial charge in [-0.25, -0.2) is 4.79 Å². The average molecular weight is 330 g/mol. The molecule has 0 aromatic heterocycles. The van der Waals surface area contributed by atoms with Crippen molar-refractivity contribution in [3.63, 3.8) is 0 Å². The standard InChI is InChI=1S/C18H16ClNO3/c1-20(15-7-3-2-4-8-15)11-5-6-12-23-17-10-9-14(19)13-16(17)18(21)22/h2-4,7-10,13H,11-12H2,1H3,(H,21,22). The third kappa shape index (κ3) is 4.94. The molecular weight excluding hydrogens is 314 g/mol. The van der Waals surface area contributed by atoms with Gasteiger partial charge in [-0.15, -0.1) is 0 Å². The van der Waals surface area contributed by atoms with Gasteiger partial charge in [-0.05, 0) is 30.3 Å². The lowest BCUT2D eigenvalue weighted by Crippen LogP contribution is -2.17. The van der Waals surface area contributed by atoms with Crippen LogP contribution in [-0.2, 0) is 0 Å². The molecule has 2 aromatic rings. The predicted octanol–water partition coefficient (Wildman–Crippen LogP) is 3.56. The molecule has 0 aliphatic carbocycles. The van der Waals surface area contributed by atoms with Crippen LogP contribution in [0.15, 0.2) is 48.5 Å². The summed E-state index contributed by atoms with van der Waals surface area (Å²) in [6.45, 7) is 0.671. The maximum atomic E-state index is 11.1. The molecule has 5 heteroatoms. The number of carboxylic acid groups (broad SMARTS) is 1. The van der Waals surface area contributed by atoms with Crippen molar-refractivity contribution in [2.75, 3.05) is 25.1 Å². The highest BCUT2D eigenvalue weighted by Crippen LogP contribution is 2.22. The molecule has 0 amide bonds. The minimum atomic E-state index is -1.08. The lowest BCUT2D eigenvalue weighted by molar-refractivity contribution is 0.0693. The van der Waals surface area contributed by atoms with Crippen molar-refractivity contribution in [3.05, 3.63) is 59.1 Å². The topological polar surface area (TPSA) is 49.8 Å². The van der Waals surface area contributed by atoms with E-state index < -0.39 is 5.97 Å². The number of halogens is 1. The molecule has 0 bridgehead atoms. The van der Waals surface area contributed by atoms with Crippen molar-refractivity contribution in [2.45, 2.75) is 0 Å². The maximum absolute atomic E-state index is 11.1. The first kappa shape index (κ1) is 16.7. The number of para-hydroxylation sites is 1. The second-order valence-corrected chi connectivity index (χ2v) is 5.22. The zero-order valence-electron chi connectivity index (χ0n) is 12.6. The van der Waals surface area contributed by atoms with Crippen LogP contribution in [0.2, 0.25) is 5.02 Å². The normalized spacial score (nSPS) is 9.65. The molecule has 0 aliphatic heterocycles. The molecule has 2 rings (SSSR count). The number of benzene rings is 2. The highest BCUT2D eigenvalue weighted by atomic mass is 35.5. The Balaban J connectivity index is 1.90. The number of aromatic carboxylic acids is 1. The Hall–Kier alpha value is -2.64. The summed E-state index contributed by atoms with van der Waals surface area (Å²) in [4.78, 5) is 13.1. The highest BCUT2D eigenvalue weighted by molar-refractivity contribution is 6.31. The first-order valence-electron chi connectivity index (χ1n) is 6.95. The fourth-order valence-electron chi connectivity index (χ4n) is 1.91. The van der Waals surface area contributed by atoms with Gasteiger partial charge in [0.05, 0.1) is 6.54 Å². The first-order valence-corrected chi connectivity index (χ1v) is 7.33. The molecule has 0 radical (unpaired) electrons. The number of carboxylic acids is 1. The van der Waals surface area contributed by atoms with E-state index in [1.807, 2.05) is 42.3 Å². The minimum absolute atomic E-state index is 0.0284. The van der Waals surface area contributed by atoms with Gasteiger partial charge < -0.3 is 14.7 Å². The summed E-state index contributed by atoms with van der Waals surface area (Å²) in [5, 5.41) is 9.46. The molecule has 0 aliphatic rings. The van der Waals surface area contributed by atoms with E-state index in [1.54, 1.807) is 6.07 Å². The van der Waals surface area contributed by atoms with Gasteiger partial charge in [0.1, 0.15) is 17.9 Å². The van der Waals surface area contributed by atoms with Gasteiger partial charge in [-0.2, -0.15) is 0 Å². The Morgan fingerprint density at radius 3 is 2.65 bits per heavy atom. The highest BCUT2D eigenvalue weighted by Gasteiger charge is 2.11. The molecule has 118 valence electrons. The van der Waals surface area contributed by atoms with Gasteiger partial charge in [-0.1, -0.05) is 41.6 Å². The number of carbonyl (C=O) groups is 1. The van der Waals surface area contributed by atoms with E-state index in [2.05, 4.69) is 11.8 Å². The van der Waals surface area contributed by atoms with Crippen molar-refractivity contribution in [3.8, 4) is 17.6 Å². The van der Waals surface area contributed by atoms with E-state index in [0.717, 1.165) is 5.69 Å². The monoisotopic (exact) mass is 329 g/mol. The summed E-state index contributed by atoms with van der Waals surface area (Å²) in [6, 6.07) is 14.4. The van der Waals surface area contributed by atoms with Crippen molar-refractivity contribution in [1.29, 1.82) is 0 Å². The van der Waals surface area contributed by atoms with Crippen molar-refractivity contribution >= 4 is 23.3 Å². The van der Waals surface area contributed by atoms with Crippen LogP contribution >= 0.6 is 11.6 Å². The Labute approximate surface area is 140 Å². The van der Waals surface area contributed by atoms with Gasteiger partial charge in [0.15, 0.2) is 0 Å². The lowest BCUT2D eigenvalue weighted by atomic mass is 10.2. The largest absolute Gasteiger partial charge is 0.480 e. The molecule has 0 fully saturated rings. The number of ether oxygens (including phenoxy) is 1. The summed E-state index contributed by atoms with van der Waals surface area (Å²) < 4.78 is 5.41. The van der Waals surface area contributed by atoms with Gasteiger partial charge in [-0.3, -0.25) is 0 Å². The van der Waals surface area contributed by atoms with Crippen LogP contribution in [0.3, 0.4) is 0 Å². The molecule has 0 spiro atoms. The first-order chi connectivity index (χ1) is 11.1. The molecular formula is C18H16ClNO3. The summed E-state index contributed by atoms with van der Waals surface area (Å²) in [7, 11) is 1.95. The number of anilines is 1. The molecule has 2 aromatic carbocycles. The summed E-state index contributed by atoms with van der Waals surface area (Å²) in [5.74, 6) is 5.04. The second-order valence-electron chi connectivity index (χ2n) is 4.78. The Morgan fingerprint density at radius 1 is 1.22 bits per heavy atom. The van der Waals surface area contributed by atoms with E-state index in [-0.39, 0.29) is 17.9 Å². The van der Waals surface area contributed by atoms with Crippen molar-refractivity contribution in [1.82, 2.24) is 0 Å². The summed E-state index contributed by atoms with van der Waals surface area (Å²) in [5.41, 5.74) is 1.11. The van der Waals surface area contributed by atoms with Crippen molar-refractivity contribution in [2.24, 2.45) is 0 Å². The maximum Gasteiger partial charge on any atom is 0.339 e. The number of nitrogens with zero attached hydrogens (tertiary/aromatic N) is 1. The van der Waals surface area contributed by atoms with E-state index >= 15 is 0 Å². The molecule has 0 unspecified atom stereocenters. The van der Waals surface area contributed by atoms with E-state index in [1.165, 1.54) is 12.1 Å². The van der Waals surface area contributed by atoms with Crippen LogP contribution in [0, 0.1) is 11.8 Å². The van der Waals surface area contributed by atoms with Crippen LogP contribution in [0.25, 0.3) is 0 Å². The second kappa shape index (κ2) is 8.11. The minimum Gasteiger partial charge on any atom is -0.480 e. The van der Waals surface area contributed by atoms with Gasteiger partial charge in [0.25, 0.3) is 0 Å². The van der Waals surface area contributed by atoms with Gasteiger partial charge in [0, 0.05) is 17.8 Å². The molecule has 0 saturated carbocycles. The van der Waals surface area contributed by atoms with Crippen LogP contribution in [0.1, 0.15) is 10.4 Å². The Kier molecular flexibility index (Phi) is 5.90. The predicted molar refractivity (Wildman–Crippen MR) is 91.4 cm³/mol. The Bertz CT molecular complexity index is 735. The average Bonchev–Trinajstić information content (AvgIpc) is 2.56. The van der Waals surface area contributed by atoms with Gasteiger partial charge in [0.2, 0.25) is 0 Å². The smallest absolute Gasteiger partial charge is 0.339 e. The van der Waals surface area contributed by atoms with Crippen molar-refractivity contribution < 1.29 is 14.6 Å². The van der Waals surface area contributed by atoms with Crippen LogP contribution in [0.5, 0.6) is 5.75 Å². The molecule has 23 heavy (non-hydrogen) atoms. The number of hydrogen-bond acceptors (Lipinski definition) is 3. The quantitative estimate of drug-likeness (QED) is 0.852. The fraction of sp³-hybridized carbons (Fsp3) is 0.167. The third-order valence-corrected chi connectivity index (χ3v) is 3.35. The summed E-state index contributed by atoms with van der Waals surface area (Å²) in [6.07, 6.45) is 0. The van der Waals surface area contributed by atoms with Crippen LogP contribution < -0.4 is 9.64 Å². The fourth-order valence-corrected chi connectivity index (χ4v) is 2.08. The van der Waals surface area contributed by atoms with Crippen LogP contribution in [0.4, 0.5) is 5.69 Å². The molecule has 0 heterocycles. The lowest BCUT2D eigenvalue weighted by Gasteiger charge is -2.15. The van der Waals surface area contributed by atoms with E-state index in [4.69, 9.17) is 21.4 Å². The third-order valence-electron chi connectivity index (χ3n) is 3.11. The Morgan fingerprint density at radius 2 is 1.96 bits per heavy atom. The molecule has 0 atom stereocenters. The van der Waals surface area contributed by atoms with Crippen LogP contribution in [-0.4, -0.2) is 31.3 Å². The molecule has 4 nitrogen and oxygen atoms in total. The molecule has 0 saturated heterocycles.